The molecule has 3 aromatic carbocycles. The molecule has 0 bridgehead atoms. The van der Waals surface area contributed by atoms with Gasteiger partial charge >= 0.3 is 0 Å². The molecule has 1 aromatic heterocycles. The number of H-pyrrole nitrogens is 1. The van der Waals surface area contributed by atoms with E-state index in [9.17, 15) is 0 Å². The van der Waals surface area contributed by atoms with Gasteiger partial charge in [0.15, 0.2) is 0 Å². The van der Waals surface area contributed by atoms with Crippen LogP contribution >= 0.6 is 11.6 Å². The van der Waals surface area contributed by atoms with Crippen molar-refractivity contribution in [1.29, 1.82) is 0 Å². The fraction of sp³-hybridized carbons (Fsp3) is 0.0500. The standard InChI is InChI=1S/C20H15ClN2O/c1-13-6-9-15(21)12-19(13)24-16-10-7-14(8-11-16)20-22-17-4-2-3-5-18(17)23-20/h2-12H,1H3,(H,22,23). The van der Waals surface area contributed by atoms with Gasteiger partial charge in [-0.15, -0.1) is 0 Å². The van der Waals surface area contributed by atoms with E-state index in [0.29, 0.717) is 5.02 Å². The normalized spacial score (nSPS) is 10.9. The van der Waals surface area contributed by atoms with Crippen molar-refractivity contribution in [2.45, 2.75) is 6.92 Å². The summed E-state index contributed by atoms with van der Waals surface area (Å²) in [5, 5.41) is 0.662. The molecule has 4 aromatic rings. The number of imidazole rings is 1. The van der Waals surface area contributed by atoms with Gasteiger partial charge in [-0.1, -0.05) is 29.8 Å². The zero-order valence-corrected chi connectivity index (χ0v) is 13.8. The van der Waals surface area contributed by atoms with Gasteiger partial charge in [-0.2, -0.15) is 0 Å². The Balaban J connectivity index is 1.61. The lowest BCUT2D eigenvalue weighted by atomic mass is 10.2. The molecule has 1 heterocycles. The van der Waals surface area contributed by atoms with E-state index in [1.807, 2.05) is 73.7 Å². The van der Waals surface area contributed by atoms with Crippen LogP contribution in [-0.4, -0.2) is 9.97 Å². The van der Waals surface area contributed by atoms with Crippen LogP contribution in [0.2, 0.25) is 5.02 Å². The quantitative estimate of drug-likeness (QED) is 0.500. The van der Waals surface area contributed by atoms with Gasteiger partial charge in [0.05, 0.1) is 11.0 Å². The Kier molecular flexibility index (Phi) is 3.71. The number of rotatable bonds is 3. The second-order valence-corrected chi connectivity index (χ2v) is 6.08. The van der Waals surface area contributed by atoms with Crippen molar-refractivity contribution in [2.24, 2.45) is 0 Å². The van der Waals surface area contributed by atoms with Gasteiger partial charge in [-0.25, -0.2) is 4.98 Å². The number of nitrogens with one attached hydrogen (secondary N) is 1. The summed E-state index contributed by atoms with van der Waals surface area (Å²) in [6.07, 6.45) is 0. The van der Waals surface area contributed by atoms with Crippen molar-refractivity contribution >= 4 is 22.6 Å². The molecule has 0 fully saturated rings. The van der Waals surface area contributed by atoms with Crippen LogP contribution in [0, 0.1) is 6.92 Å². The van der Waals surface area contributed by atoms with Crippen molar-refractivity contribution in [2.75, 3.05) is 0 Å². The molecule has 1 N–H and O–H groups in total. The number of aromatic amines is 1. The summed E-state index contributed by atoms with van der Waals surface area (Å²) >= 11 is 6.03. The molecule has 0 aliphatic carbocycles. The summed E-state index contributed by atoms with van der Waals surface area (Å²) in [4.78, 5) is 7.94. The lowest BCUT2D eigenvalue weighted by Crippen LogP contribution is -1.88. The van der Waals surface area contributed by atoms with E-state index in [2.05, 4.69) is 9.97 Å². The zero-order valence-electron chi connectivity index (χ0n) is 13.1. The van der Waals surface area contributed by atoms with Crippen LogP contribution in [0.15, 0.2) is 66.7 Å². The molecule has 0 atom stereocenters. The molecule has 0 aliphatic heterocycles. The van der Waals surface area contributed by atoms with E-state index in [4.69, 9.17) is 16.3 Å². The highest BCUT2D eigenvalue weighted by Crippen LogP contribution is 2.29. The molecule has 0 unspecified atom stereocenters. The second-order valence-electron chi connectivity index (χ2n) is 5.64. The Morgan fingerprint density at radius 1 is 0.958 bits per heavy atom. The molecule has 3 nitrogen and oxygen atoms in total. The number of nitrogens with zero attached hydrogens (tertiary/aromatic N) is 1. The fourth-order valence-electron chi connectivity index (χ4n) is 2.58. The molecular formula is C20H15ClN2O. The summed E-state index contributed by atoms with van der Waals surface area (Å²) in [7, 11) is 0. The maximum atomic E-state index is 6.03. The first kappa shape index (κ1) is 14.8. The van der Waals surface area contributed by atoms with Crippen molar-refractivity contribution in [1.82, 2.24) is 9.97 Å². The van der Waals surface area contributed by atoms with Crippen molar-refractivity contribution in [3.05, 3.63) is 77.3 Å². The number of aromatic nitrogens is 2. The number of benzene rings is 3. The Hall–Kier alpha value is -2.78. The second kappa shape index (κ2) is 6.02. The minimum Gasteiger partial charge on any atom is -0.457 e. The van der Waals surface area contributed by atoms with Gasteiger partial charge in [0.25, 0.3) is 0 Å². The summed E-state index contributed by atoms with van der Waals surface area (Å²) in [5.74, 6) is 2.38. The predicted octanol–water partition coefficient (Wildman–Crippen LogP) is 5.98. The number of ether oxygens (including phenoxy) is 1. The van der Waals surface area contributed by atoms with E-state index < -0.39 is 0 Å². The van der Waals surface area contributed by atoms with Crippen LogP contribution in [0.25, 0.3) is 22.4 Å². The van der Waals surface area contributed by atoms with Crippen molar-refractivity contribution in [3.8, 4) is 22.9 Å². The van der Waals surface area contributed by atoms with Gasteiger partial charge < -0.3 is 9.72 Å². The van der Waals surface area contributed by atoms with Crippen LogP contribution in [0.3, 0.4) is 0 Å². The van der Waals surface area contributed by atoms with Gasteiger partial charge in [-0.05, 0) is 61.0 Å². The summed E-state index contributed by atoms with van der Waals surface area (Å²) in [6.45, 7) is 1.99. The maximum absolute atomic E-state index is 6.03. The van der Waals surface area contributed by atoms with Gasteiger partial charge in [-0.3, -0.25) is 0 Å². The topological polar surface area (TPSA) is 37.9 Å². The molecule has 0 amide bonds. The minimum absolute atomic E-state index is 0.662. The lowest BCUT2D eigenvalue weighted by Gasteiger charge is -2.09. The van der Waals surface area contributed by atoms with Gasteiger partial charge in [0.2, 0.25) is 0 Å². The summed E-state index contributed by atoms with van der Waals surface area (Å²) < 4.78 is 5.92. The lowest BCUT2D eigenvalue weighted by molar-refractivity contribution is 0.479. The number of para-hydroxylation sites is 2. The number of halogens is 1. The molecule has 0 saturated heterocycles. The maximum Gasteiger partial charge on any atom is 0.138 e. The number of aryl methyl sites for hydroxylation is 1. The smallest absolute Gasteiger partial charge is 0.138 e. The highest BCUT2D eigenvalue weighted by atomic mass is 35.5. The predicted molar refractivity (Wildman–Crippen MR) is 97.8 cm³/mol. The Morgan fingerprint density at radius 2 is 1.75 bits per heavy atom. The number of hydrogen-bond donors (Lipinski definition) is 1. The van der Waals surface area contributed by atoms with Crippen LogP contribution < -0.4 is 4.74 Å². The average molecular weight is 335 g/mol. The molecule has 118 valence electrons. The van der Waals surface area contributed by atoms with Crippen LogP contribution in [0.4, 0.5) is 0 Å². The molecule has 0 saturated carbocycles. The third kappa shape index (κ3) is 2.86. The molecule has 4 rings (SSSR count). The van der Waals surface area contributed by atoms with Crippen LogP contribution in [0.1, 0.15) is 5.56 Å². The largest absolute Gasteiger partial charge is 0.457 e. The van der Waals surface area contributed by atoms with Crippen LogP contribution in [0.5, 0.6) is 11.5 Å². The van der Waals surface area contributed by atoms with E-state index >= 15 is 0 Å². The van der Waals surface area contributed by atoms with Crippen LogP contribution in [-0.2, 0) is 0 Å². The van der Waals surface area contributed by atoms with Gasteiger partial charge in [0, 0.05) is 10.6 Å². The molecule has 4 heteroatoms. The first-order valence-corrected chi connectivity index (χ1v) is 8.06. The summed E-state index contributed by atoms with van der Waals surface area (Å²) in [5.41, 5.74) is 4.05. The van der Waals surface area contributed by atoms with E-state index in [-0.39, 0.29) is 0 Å². The molecular weight excluding hydrogens is 320 g/mol. The SMILES string of the molecule is Cc1ccc(Cl)cc1Oc1ccc(-c2nc3ccccc3[nH]2)cc1. The molecule has 0 aliphatic rings. The highest BCUT2D eigenvalue weighted by Gasteiger charge is 2.06. The Morgan fingerprint density at radius 3 is 2.54 bits per heavy atom. The van der Waals surface area contributed by atoms with Gasteiger partial charge in [0.1, 0.15) is 17.3 Å². The molecule has 24 heavy (non-hydrogen) atoms. The first-order chi connectivity index (χ1) is 11.7. The van der Waals surface area contributed by atoms with E-state index in [1.54, 1.807) is 0 Å². The third-order valence-electron chi connectivity index (χ3n) is 3.90. The molecule has 0 radical (unpaired) electrons. The minimum atomic E-state index is 0.662. The first-order valence-electron chi connectivity index (χ1n) is 7.68. The van der Waals surface area contributed by atoms with E-state index in [1.165, 1.54) is 0 Å². The van der Waals surface area contributed by atoms with Crippen molar-refractivity contribution in [3.63, 3.8) is 0 Å². The highest BCUT2D eigenvalue weighted by molar-refractivity contribution is 6.30. The average Bonchev–Trinajstić information content (AvgIpc) is 3.03. The molecule has 0 spiro atoms. The Bertz CT molecular complexity index is 973. The number of hydrogen-bond acceptors (Lipinski definition) is 2. The fourth-order valence-corrected chi connectivity index (χ4v) is 2.74. The Labute approximate surface area is 144 Å². The zero-order chi connectivity index (χ0) is 16.5. The number of fused-ring (bicyclic) bond motifs is 1. The summed E-state index contributed by atoms with van der Waals surface area (Å²) in [6, 6.07) is 21.5. The van der Waals surface area contributed by atoms with Crippen molar-refractivity contribution < 1.29 is 4.74 Å². The van der Waals surface area contributed by atoms with E-state index in [0.717, 1.165) is 39.5 Å². The third-order valence-corrected chi connectivity index (χ3v) is 4.13. The monoisotopic (exact) mass is 334 g/mol.